The van der Waals surface area contributed by atoms with Crippen LogP contribution in [-0.4, -0.2) is 22.6 Å². The molecule has 3 rings (SSSR count). The highest BCUT2D eigenvalue weighted by atomic mass is 16.5. The zero-order valence-electron chi connectivity index (χ0n) is 17.6. The molecule has 8 heteroatoms. The van der Waals surface area contributed by atoms with Gasteiger partial charge in [0.25, 0.3) is 11.5 Å². The topological polar surface area (TPSA) is 110 Å². The van der Waals surface area contributed by atoms with Crippen LogP contribution < -0.4 is 26.6 Å². The number of nitrogens with two attached hydrogens (primary N) is 1. The summed E-state index contributed by atoms with van der Waals surface area (Å²) in [5.41, 5.74) is 6.00. The molecule has 0 radical (unpaired) electrons. The molecule has 0 bridgehead atoms. The number of benzene rings is 2. The Labute approximate surface area is 179 Å². The number of ether oxygens (including phenoxy) is 1. The summed E-state index contributed by atoms with van der Waals surface area (Å²) in [7, 11) is 1.54. The van der Waals surface area contributed by atoms with Crippen LogP contribution in [0.2, 0.25) is 0 Å². The summed E-state index contributed by atoms with van der Waals surface area (Å²) in [6, 6.07) is 15.8. The van der Waals surface area contributed by atoms with Gasteiger partial charge in [-0.2, -0.15) is 0 Å². The number of unbranched alkanes of at least 4 members (excludes halogenated alkanes) is 1. The van der Waals surface area contributed by atoms with Gasteiger partial charge in [0.05, 0.1) is 13.7 Å². The van der Waals surface area contributed by atoms with Gasteiger partial charge in [-0.1, -0.05) is 49.7 Å². The Hall–Kier alpha value is -3.81. The highest BCUT2D eigenvalue weighted by molar-refractivity contribution is 6.07. The van der Waals surface area contributed by atoms with E-state index in [2.05, 4.69) is 4.98 Å². The maximum Gasteiger partial charge on any atom is 0.330 e. The maximum absolute atomic E-state index is 13.5. The number of rotatable bonds is 8. The molecule has 0 atom stereocenters. The number of nitrogens with zero attached hydrogens (tertiary/aromatic N) is 2. The fraction of sp³-hybridized carbons (Fsp3) is 0.261. The van der Waals surface area contributed by atoms with Crippen molar-refractivity contribution in [1.82, 2.24) is 9.55 Å². The van der Waals surface area contributed by atoms with Gasteiger partial charge in [-0.15, -0.1) is 0 Å². The molecule has 0 spiro atoms. The molecule has 0 aliphatic carbocycles. The zero-order chi connectivity index (χ0) is 22.4. The predicted molar refractivity (Wildman–Crippen MR) is 121 cm³/mol. The second-order valence-corrected chi connectivity index (χ2v) is 7.07. The highest BCUT2D eigenvalue weighted by Crippen LogP contribution is 2.26. The van der Waals surface area contributed by atoms with Crippen LogP contribution in [0.3, 0.4) is 0 Å². The summed E-state index contributed by atoms with van der Waals surface area (Å²) < 4.78 is 6.71. The maximum atomic E-state index is 13.5. The molecule has 31 heavy (non-hydrogen) atoms. The predicted octanol–water partition coefficient (Wildman–Crippen LogP) is 2.77. The number of aromatic amines is 1. The van der Waals surface area contributed by atoms with Crippen molar-refractivity contribution in [2.75, 3.05) is 17.7 Å². The second kappa shape index (κ2) is 9.80. The molecular formula is C23H26N4O4. The average Bonchev–Trinajstić information content (AvgIpc) is 2.78. The minimum absolute atomic E-state index is 0.0387. The summed E-state index contributed by atoms with van der Waals surface area (Å²) in [6.45, 7) is 2.37. The van der Waals surface area contributed by atoms with Crippen LogP contribution in [0.5, 0.6) is 5.75 Å². The van der Waals surface area contributed by atoms with Gasteiger partial charge in [0.15, 0.2) is 5.69 Å². The fourth-order valence-electron chi connectivity index (χ4n) is 3.37. The quantitative estimate of drug-likeness (QED) is 0.580. The van der Waals surface area contributed by atoms with Gasteiger partial charge in [0.2, 0.25) is 0 Å². The number of nitrogens with one attached hydrogen (secondary N) is 1. The van der Waals surface area contributed by atoms with Crippen molar-refractivity contribution >= 4 is 17.4 Å². The lowest BCUT2D eigenvalue weighted by Crippen LogP contribution is -2.41. The smallest absolute Gasteiger partial charge is 0.330 e. The SMILES string of the molecule is CCCCn1c(N)c(N(Cc2ccccc2OC)C(=O)c2ccccc2)c(=O)[nH]c1=O. The number of carbonyl (C=O) groups is 1. The summed E-state index contributed by atoms with van der Waals surface area (Å²) in [5, 5.41) is 0. The average molecular weight is 422 g/mol. The van der Waals surface area contributed by atoms with Gasteiger partial charge in [-0.3, -0.25) is 24.0 Å². The number of anilines is 2. The molecule has 0 unspecified atom stereocenters. The van der Waals surface area contributed by atoms with Gasteiger partial charge >= 0.3 is 5.69 Å². The molecule has 3 N–H and O–H groups in total. The van der Waals surface area contributed by atoms with Gasteiger partial charge in [0.1, 0.15) is 11.6 Å². The Kier molecular flexibility index (Phi) is 6.92. The van der Waals surface area contributed by atoms with Gasteiger partial charge < -0.3 is 10.5 Å². The van der Waals surface area contributed by atoms with Crippen molar-refractivity contribution in [2.45, 2.75) is 32.9 Å². The largest absolute Gasteiger partial charge is 0.496 e. The first-order valence-electron chi connectivity index (χ1n) is 10.1. The molecule has 1 heterocycles. The van der Waals surface area contributed by atoms with Crippen molar-refractivity contribution in [1.29, 1.82) is 0 Å². The van der Waals surface area contributed by atoms with Crippen LogP contribution in [-0.2, 0) is 13.1 Å². The molecule has 162 valence electrons. The van der Waals surface area contributed by atoms with Crippen LogP contribution in [0.15, 0.2) is 64.2 Å². The van der Waals surface area contributed by atoms with Gasteiger partial charge in [-0.05, 0) is 24.6 Å². The Morgan fingerprint density at radius 1 is 1.10 bits per heavy atom. The molecule has 0 aliphatic heterocycles. The highest BCUT2D eigenvalue weighted by Gasteiger charge is 2.26. The van der Waals surface area contributed by atoms with Crippen LogP contribution in [0.1, 0.15) is 35.7 Å². The Balaban J connectivity index is 2.18. The fourth-order valence-corrected chi connectivity index (χ4v) is 3.37. The number of amides is 1. The van der Waals surface area contributed by atoms with Crippen molar-refractivity contribution in [3.8, 4) is 5.75 Å². The molecule has 0 saturated carbocycles. The lowest BCUT2D eigenvalue weighted by Gasteiger charge is -2.25. The monoisotopic (exact) mass is 422 g/mol. The number of para-hydroxylation sites is 1. The number of hydrogen-bond acceptors (Lipinski definition) is 5. The van der Waals surface area contributed by atoms with Crippen LogP contribution in [0, 0.1) is 0 Å². The molecule has 1 aromatic heterocycles. The van der Waals surface area contributed by atoms with Gasteiger partial charge in [0, 0.05) is 17.7 Å². The van der Waals surface area contributed by atoms with E-state index in [1.54, 1.807) is 36.4 Å². The van der Waals surface area contributed by atoms with Crippen LogP contribution in [0.25, 0.3) is 0 Å². The first-order valence-corrected chi connectivity index (χ1v) is 10.1. The number of nitrogen functional groups attached to an aromatic ring is 1. The van der Waals surface area contributed by atoms with Crippen molar-refractivity contribution in [2.24, 2.45) is 0 Å². The molecule has 0 fully saturated rings. The third-order valence-corrected chi connectivity index (χ3v) is 5.01. The van der Waals surface area contributed by atoms with Crippen LogP contribution >= 0.6 is 0 Å². The Morgan fingerprint density at radius 3 is 2.45 bits per heavy atom. The molecule has 2 aromatic carbocycles. The zero-order valence-corrected chi connectivity index (χ0v) is 17.6. The molecule has 0 saturated heterocycles. The molecule has 8 nitrogen and oxygen atoms in total. The molecular weight excluding hydrogens is 396 g/mol. The van der Waals surface area contributed by atoms with E-state index in [4.69, 9.17) is 10.5 Å². The van der Waals surface area contributed by atoms with E-state index in [9.17, 15) is 14.4 Å². The second-order valence-electron chi connectivity index (χ2n) is 7.07. The number of aromatic nitrogens is 2. The molecule has 1 amide bonds. The molecule has 3 aromatic rings. The Morgan fingerprint density at radius 2 is 1.77 bits per heavy atom. The van der Waals surface area contributed by atoms with E-state index < -0.39 is 17.2 Å². The van der Waals surface area contributed by atoms with Crippen LogP contribution in [0.4, 0.5) is 11.5 Å². The third kappa shape index (κ3) is 4.69. The Bertz CT molecular complexity index is 1170. The number of hydrogen-bond donors (Lipinski definition) is 2. The van der Waals surface area contributed by atoms with Gasteiger partial charge in [-0.25, -0.2) is 4.79 Å². The van der Waals surface area contributed by atoms with Crippen molar-refractivity contribution < 1.29 is 9.53 Å². The summed E-state index contributed by atoms with van der Waals surface area (Å²) >= 11 is 0. The minimum atomic E-state index is -0.713. The lowest BCUT2D eigenvalue weighted by molar-refractivity contribution is 0.0984. The van der Waals surface area contributed by atoms with Crippen molar-refractivity contribution in [3.63, 3.8) is 0 Å². The van der Waals surface area contributed by atoms with E-state index in [-0.39, 0.29) is 18.1 Å². The van der Waals surface area contributed by atoms with E-state index in [1.807, 2.05) is 25.1 Å². The number of H-pyrrole nitrogens is 1. The standard InChI is InChI=1S/C23H26N4O4/c1-3-4-14-26-20(24)19(21(28)25-23(26)30)27(22(29)16-10-6-5-7-11-16)15-17-12-8-9-13-18(17)31-2/h5-13H,3-4,14-15,24H2,1-2H3,(H,25,28,30). The number of carbonyl (C=O) groups excluding carboxylic acids is 1. The van der Waals surface area contributed by atoms with E-state index in [1.165, 1.54) is 16.6 Å². The number of methoxy groups -OCH3 is 1. The summed E-state index contributed by atoms with van der Waals surface area (Å²) in [6.07, 6.45) is 1.54. The minimum Gasteiger partial charge on any atom is -0.496 e. The van der Waals surface area contributed by atoms with E-state index >= 15 is 0 Å². The lowest BCUT2D eigenvalue weighted by atomic mass is 10.1. The third-order valence-electron chi connectivity index (χ3n) is 5.01. The normalized spacial score (nSPS) is 10.6. The van der Waals surface area contributed by atoms with E-state index in [0.29, 0.717) is 29.8 Å². The first kappa shape index (κ1) is 21.9. The summed E-state index contributed by atoms with van der Waals surface area (Å²) in [4.78, 5) is 42.2. The first-order chi connectivity index (χ1) is 15.0. The van der Waals surface area contributed by atoms with E-state index in [0.717, 1.165) is 6.42 Å². The summed E-state index contributed by atoms with van der Waals surface area (Å²) in [5.74, 6) is 0.119. The molecule has 0 aliphatic rings. The van der Waals surface area contributed by atoms with Crippen molar-refractivity contribution in [3.05, 3.63) is 86.6 Å².